The van der Waals surface area contributed by atoms with Crippen LogP contribution < -0.4 is 14.5 Å². The lowest BCUT2D eigenvalue weighted by molar-refractivity contribution is -0.116. The number of anilines is 3. The van der Waals surface area contributed by atoms with Crippen LogP contribution in [0.25, 0.3) is 0 Å². The summed E-state index contributed by atoms with van der Waals surface area (Å²) in [5, 5.41) is 2.67. The molecule has 0 aliphatic carbocycles. The summed E-state index contributed by atoms with van der Waals surface area (Å²) >= 11 is 0. The quantitative estimate of drug-likeness (QED) is 0.780. The Balaban J connectivity index is 2.06. The number of carbonyl (C=O) groups is 1. The second-order valence-corrected chi connectivity index (χ2v) is 8.08. The standard InChI is InChI=1S/C18H21F2N3O3S/c1-22(2)14-6-4-13(5-7-14)21-18(24)10-11-23(27(3,25)26)15-8-9-16(19)17(20)12-15/h4-9,12H,10-11H2,1-3H3,(H,21,24). The van der Waals surface area contributed by atoms with Gasteiger partial charge in [-0.3, -0.25) is 9.10 Å². The van der Waals surface area contributed by atoms with Crippen molar-refractivity contribution in [1.82, 2.24) is 0 Å². The minimum Gasteiger partial charge on any atom is -0.378 e. The van der Waals surface area contributed by atoms with Crippen LogP contribution in [-0.4, -0.2) is 41.2 Å². The number of carbonyl (C=O) groups excluding carboxylic acids is 1. The van der Waals surface area contributed by atoms with E-state index in [2.05, 4.69) is 5.32 Å². The average Bonchev–Trinajstić information content (AvgIpc) is 2.57. The van der Waals surface area contributed by atoms with Crippen molar-refractivity contribution >= 4 is 33.0 Å². The monoisotopic (exact) mass is 397 g/mol. The number of sulfonamides is 1. The van der Waals surface area contributed by atoms with E-state index in [1.54, 1.807) is 12.1 Å². The Labute approximate surface area is 157 Å². The molecule has 146 valence electrons. The fourth-order valence-electron chi connectivity index (χ4n) is 2.40. The van der Waals surface area contributed by atoms with Gasteiger partial charge in [0.2, 0.25) is 15.9 Å². The molecule has 0 aromatic heterocycles. The molecule has 0 unspecified atom stereocenters. The van der Waals surface area contributed by atoms with Crippen molar-refractivity contribution in [3.05, 3.63) is 54.1 Å². The predicted molar refractivity (Wildman–Crippen MR) is 103 cm³/mol. The first-order chi connectivity index (χ1) is 12.6. The number of nitrogens with one attached hydrogen (secondary N) is 1. The topological polar surface area (TPSA) is 69.7 Å². The molecule has 1 amide bonds. The van der Waals surface area contributed by atoms with Gasteiger partial charge in [0.25, 0.3) is 0 Å². The normalized spacial score (nSPS) is 11.1. The summed E-state index contributed by atoms with van der Waals surface area (Å²) in [5.41, 5.74) is 1.50. The van der Waals surface area contributed by atoms with Gasteiger partial charge < -0.3 is 10.2 Å². The van der Waals surface area contributed by atoms with Crippen molar-refractivity contribution in [1.29, 1.82) is 0 Å². The highest BCUT2D eigenvalue weighted by atomic mass is 32.2. The molecule has 0 atom stereocenters. The van der Waals surface area contributed by atoms with Crippen molar-refractivity contribution in [2.75, 3.05) is 41.4 Å². The fraction of sp³-hybridized carbons (Fsp3) is 0.278. The molecule has 1 N–H and O–H groups in total. The lowest BCUT2D eigenvalue weighted by Crippen LogP contribution is -2.33. The molecule has 0 radical (unpaired) electrons. The minimum atomic E-state index is -3.77. The Morgan fingerprint density at radius 2 is 1.59 bits per heavy atom. The zero-order chi connectivity index (χ0) is 20.2. The van der Waals surface area contributed by atoms with Crippen molar-refractivity contribution in [3.63, 3.8) is 0 Å². The van der Waals surface area contributed by atoms with Crippen molar-refractivity contribution in [2.45, 2.75) is 6.42 Å². The molecule has 0 heterocycles. The van der Waals surface area contributed by atoms with Gasteiger partial charge in [-0.05, 0) is 36.4 Å². The van der Waals surface area contributed by atoms with E-state index < -0.39 is 27.6 Å². The highest BCUT2D eigenvalue weighted by Crippen LogP contribution is 2.21. The van der Waals surface area contributed by atoms with E-state index in [9.17, 15) is 22.0 Å². The molecule has 0 saturated carbocycles. The molecule has 0 bridgehead atoms. The maximum Gasteiger partial charge on any atom is 0.232 e. The van der Waals surface area contributed by atoms with E-state index in [-0.39, 0.29) is 18.7 Å². The van der Waals surface area contributed by atoms with Gasteiger partial charge in [0.15, 0.2) is 11.6 Å². The first-order valence-electron chi connectivity index (χ1n) is 8.08. The SMILES string of the molecule is CN(C)c1ccc(NC(=O)CCN(c2ccc(F)c(F)c2)S(C)(=O)=O)cc1. The van der Waals surface area contributed by atoms with Crippen LogP contribution in [0.3, 0.4) is 0 Å². The van der Waals surface area contributed by atoms with Crippen molar-refractivity contribution in [3.8, 4) is 0 Å². The van der Waals surface area contributed by atoms with Crippen LogP contribution in [0.5, 0.6) is 0 Å². The number of hydrogen-bond acceptors (Lipinski definition) is 4. The maximum atomic E-state index is 13.4. The van der Waals surface area contributed by atoms with E-state index in [4.69, 9.17) is 0 Å². The van der Waals surface area contributed by atoms with Crippen LogP contribution in [0.2, 0.25) is 0 Å². The van der Waals surface area contributed by atoms with Gasteiger partial charge in [0, 0.05) is 44.5 Å². The molecule has 27 heavy (non-hydrogen) atoms. The van der Waals surface area contributed by atoms with Crippen LogP contribution in [0.1, 0.15) is 6.42 Å². The van der Waals surface area contributed by atoms with Gasteiger partial charge in [-0.15, -0.1) is 0 Å². The number of rotatable bonds is 7. The molecule has 2 aromatic carbocycles. The molecule has 2 rings (SSSR count). The largest absolute Gasteiger partial charge is 0.378 e. The molecule has 2 aromatic rings. The predicted octanol–water partition coefficient (Wildman–Crippen LogP) is 2.83. The number of benzene rings is 2. The first-order valence-corrected chi connectivity index (χ1v) is 9.93. The summed E-state index contributed by atoms with van der Waals surface area (Å²) in [6.45, 7) is -0.203. The third-order valence-corrected chi connectivity index (χ3v) is 4.99. The summed E-state index contributed by atoms with van der Waals surface area (Å²) in [7, 11) is 0.0164. The Hall–Kier alpha value is -2.68. The maximum absolute atomic E-state index is 13.4. The second kappa shape index (κ2) is 8.34. The molecule has 0 aliphatic heterocycles. The Morgan fingerprint density at radius 1 is 1.00 bits per heavy atom. The summed E-state index contributed by atoms with van der Waals surface area (Å²) in [4.78, 5) is 14.1. The molecule has 9 heteroatoms. The van der Waals surface area contributed by atoms with Gasteiger partial charge in [-0.25, -0.2) is 17.2 Å². The summed E-state index contributed by atoms with van der Waals surface area (Å²) < 4.78 is 51.3. The van der Waals surface area contributed by atoms with E-state index in [0.29, 0.717) is 5.69 Å². The van der Waals surface area contributed by atoms with E-state index >= 15 is 0 Å². The zero-order valence-electron chi connectivity index (χ0n) is 15.2. The fourth-order valence-corrected chi connectivity index (χ4v) is 3.32. The average molecular weight is 397 g/mol. The summed E-state index contributed by atoms with van der Waals surface area (Å²) in [6, 6.07) is 9.91. The molecule has 6 nitrogen and oxygen atoms in total. The molecule has 0 aliphatic rings. The lowest BCUT2D eigenvalue weighted by Gasteiger charge is -2.22. The third-order valence-electron chi connectivity index (χ3n) is 3.80. The van der Waals surface area contributed by atoms with Crippen LogP contribution in [-0.2, 0) is 14.8 Å². The molecular weight excluding hydrogens is 376 g/mol. The van der Waals surface area contributed by atoms with Crippen molar-refractivity contribution < 1.29 is 22.0 Å². The molecule has 0 spiro atoms. The Kier molecular flexibility index (Phi) is 6.37. The molecular formula is C18H21F2N3O3S. The Morgan fingerprint density at radius 3 is 2.11 bits per heavy atom. The highest BCUT2D eigenvalue weighted by Gasteiger charge is 2.20. The number of nitrogens with zero attached hydrogens (tertiary/aromatic N) is 2. The Bertz CT molecular complexity index is 916. The minimum absolute atomic E-state index is 0.0421. The van der Waals surface area contributed by atoms with Gasteiger partial charge in [-0.1, -0.05) is 0 Å². The van der Waals surface area contributed by atoms with Gasteiger partial charge in [0.1, 0.15) is 0 Å². The molecule has 0 saturated heterocycles. The lowest BCUT2D eigenvalue weighted by atomic mass is 10.2. The third kappa shape index (κ3) is 5.65. The van der Waals surface area contributed by atoms with Gasteiger partial charge >= 0.3 is 0 Å². The van der Waals surface area contributed by atoms with Crippen LogP contribution in [0, 0.1) is 11.6 Å². The summed E-state index contributed by atoms with van der Waals surface area (Å²) in [6.07, 6.45) is 0.785. The van der Waals surface area contributed by atoms with Crippen LogP contribution >= 0.6 is 0 Å². The zero-order valence-corrected chi connectivity index (χ0v) is 16.1. The van der Waals surface area contributed by atoms with Crippen LogP contribution in [0.15, 0.2) is 42.5 Å². The first kappa shape index (κ1) is 20.6. The van der Waals surface area contributed by atoms with Gasteiger partial charge in [0.05, 0.1) is 11.9 Å². The summed E-state index contributed by atoms with van der Waals surface area (Å²) in [5.74, 6) is -2.64. The highest BCUT2D eigenvalue weighted by molar-refractivity contribution is 7.92. The smallest absolute Gasteiger partial charge is 0.232 e. The van der Waals surface area contributed by atoms with Gasteiger partial charge in [-0.2, -0.15) is 0 Å². The van der Waals surface area contributed by atoms with E-state index in [0.717, 1.165) is 34.4 Å². The number of halogens is 2. The van der Waals surface area contributed by atoms with E-state index in [1.165, 1.54) is 0 Å². The van der Waals surface area contributed by atoms with E-state index in [1.807, 2.05) is 31.1 Å². The van der Waals surface area contributed by atoms with Crippen LogP contribution in [0.4, 0.5) is 25.8 Å². The number of amides is 1. The second-order valence-electron chi connectivity index (χ2n) is 6.17. The van der Waals surface area contributed by atoms with Crippen molar-refractivity contribution in [2.24, 2.45) is 0 Å². The number of hydrogen-bond donors (Lipinski definition) is 1. The molecule has 0 fully saturated rings.